The summed E-state index contributed by atoms with van der Waals surface area (Å²) < 4.78 is 42.2. The molecule has 1 heterocycles. The molecule has 2 aliphatic rings. The van der Waals surface area contributed by atoms with Crippen molar-refractivity contribution in [3.05, 3.63) is 64.5 Å². The molecule has 2 aromatic carbocycles. The van der Waals surface area contributed by atoms with Crippen LogP contribution in [0.15, 0.2) is 30.3 Å². The number of fused-ring (bicyclic) bond motifs is 1. The number of carbonyl (C=O) groups is 1. The zero-order valence-corrected chi connectivity index (χ0v) is 13.4. The molecule has 1 saturated carbocycles. The minimum Gasteiger partial charge on any atom is -0.323 e. The number of rotatable bonds is 3. The Morgan fingerprint density at radius 3 is 2.64 bits per heavy atom. The van der Waals surface area contributed by atoms with E-state index in [9.17, 15) is 18.0 Å². The number of amides is 1. The Morgan fingerprint density at radius 2 is 1.88 bits per heavy atom. The minimum absolute atomic E-state index is 0.0559. The summed E-state index contributed by atoms with van der Waals surface area (Å²) in [7, 11) is 0. The Hall–Kier alpha value is -2.34. The van der Waals surface area contributed by atoms with E-state index in [2.05, 4.69) is 10.6 Å². The molecular weight excluding hydrogens is 329 g/mol. The van der Waals surface area contributed by atoms with E-state index < -0.39 is 35.2 Å². The van der Waals surface area contributed by atoms with E-state index in [1.165, 1.54) is 18.2 Å². The molecule has 2 N–H and O–H groups in total. The van der Waals surface area contributed by atoms with Crippen molar-refractivity contribution in [3.8, 4) is 0 Å². The fraction of sp³-hybridized carbons (Fsp3) is 0.316. The zero-order chi connectivity index (χ0) is 17.6. The Kier molecular flexibility index (Phi) is 4.00. The van der Waals surface area contributed by atoms with Crippen LogP contribution in [-0.4, -0.2) is 12.5 Å². The Bertz CT molecular complexity index is 833. The first-order valence-electron chi connectivity index (χ1n) is 8.32. The third kappa shape index (κ3) is 2.91. The van der Waals surface area contributed by atoms with Crippen molar-refractivity contribution in [1.29, 1.82) is 0 Å². The zero-order valence-electron chi connectivity index (χ0n) is 13.4. The molecule has 3 nitrogen and oxygen atoms in total. The molecular formula is C19H17F3N2O. The molecule has 25 heavy (non-hydrogen) atoms. The predicted molar refractivity (Wildman–Crippen MR) is 87.6 cm³/mol. The number of nitrogens with one attached hydrogen (secondary N) is 2. The molecule has 0 aromatic heterocycles. The van der Waals surface area contributed by atoms with Gasteiger partial charge in [-0.2, -0.15) is 0 Å². The van der Waals surface area contributed by atoms with Crippen molar-refractivity contribution in [2.75, 3.05) is 11.9 Å². The first-order chi connectivity index (χ1) is 12.1. The molecule has 1 amide bonds. The van der Waals surface area contributed by atoms with Gasteiger partial charge in [-0.1, -0.05) is 12.1 Å². The van der Waals surface area contributed by atoms with Gasteiger partial charge in [0.1, 0.15) is 17.5 Å². The molecule has 0 radical (unpaired) electrons. The van der Waals surface area contributed by atoms with Crippen LogP contribution in [0.5, 0.6) is 0 Å². The van der Waals surface area contributed by atoms with E-state index in [0.29, 0.717) is 31.5 Å². The number of hydrogen-bond donors (Lipinski definition) is 2. The SMILES string of the molecule is O=C(Nc1ccc2c(c1F)CCNC2)C1CC1c1c(F)cccc1F. The fourth-order valence-electron chi connectivity index (χ4n) is 3.52. The van der Waals surface area contributed by atoms with Crippen LogP contribution in [0.4, 0.5) is 18.9 Å². The molecule has 2 unspecified atom stereocenters. The lowest BCUT2D eigenvalue weighted by Crippen LogP contribution is -2.25. The second-order valence-electron chi connectivity index (χ2n) is 6.56. The highest BCUT2D eigenvalue weighted by atomic mass is 19.1. The van der Waals surface area contributed by atoms with Crippen LogP contribution in [0.3, 0.4) is 0 Å². The lowest BCUT2D eigenvalue weighted by Gasteiger charge is -2.19. The molecule has 6 heteroatoms. The summed E-state index contributed by atoms with van der Waals surface area (Å²) in [6.07, 6.45) is 0.928. The number of benzene rings is 2. The van der Waals surface area contributed by atoms with Gasteiger partial charge in [-0.05, 0) is 48.7 Å². The fourth-order valence-corrected chi connectivity index (χ4v) is 3.52. The maximum Gasteiger partial charge on any atom is 0.228 e. The highest BCUT2D eigenvalue weighted by molar-refractivity contribution is 5.95. The molecule has 2 atom stereocenters. The van der Waals surface area contributed by atoms with Gasteiger partial charge in [0, 0.05) is 23.9 Å². The summed E-state index contributed by atoms with van der Waals surface area (Å²) >= 11 is 0. The highest BCUT2D eigenvalue weighted by Crippen LogP contribution is 2.49. The van der Waals surface area contributed by atoms with Crippen LogP contribution >= 0.6 is 0 Å². The van der Waals surface area contributed by atoms with Crippen LogP contribution < -0.4 is 10.6 Å². The first-order valence-corrected chi connectivity index (χ1v) is 8.32. The van der Waals surface area contributed by atoms with Gasteiger partial charge in [-0.15, -0.1) is 0 Å². The van der Waals surface area contributed by atoms with Gasteiger partial charge in [-0.3, -0.25) is 4.79 Å². The van der Waals surface area contributed by atoms with Crippen LogP contribution in [0.2, 0.25) is 0 Å². The van der Waals surface area contributed by atoms with E-state index in [1.54, 1.807) is 12.1 Å². The van der Waals surface area contributed by atoms with E-state index in [1.807, 2.05) is 0 Å². The number of carbonyl (C=O) groups excluding carboxylic acids is 1. The lowest BCUT2D eigenvalue weighted by molar-refractivity contribution is -0.117. The minimum atomic E-state index is -0.646. The van der Waals surface area contributed by atoms with E-state index in [0.717, 1.165) is 5.56 Å². The topological polar surface area (TPSA) is 41.1 Å². The van der Waals surface area contributed by atoms with Gasteiger partial charge in [0.2, 0.25) is 5.91 Å². The predicted octanol–water partition coefficient (Wildman–Crippen LogP) is 3.49. The van der Waals surface area contributed by atoms with E-state index in [-0.39, 0.29) is 11.3 Å². The summed E-state index contributed by atoms with van der Waals surface area (Å²) in [6.45, 7) is 1.30. The van der Waals surface area contributed by atoms with E-state index in [4.69, 9.17) is 0 Å². The van der Waals surface area contributed by atoms with Crippen molar-refractivity contribution in [2.24, 2.45) is 5.92 Å². The molecule has 0 saturated heterocycles. The van der Waals surface area contributed by atoms with Crippen molar-refractivity contribution in [3.63, 3.8) is 0 Å². The molecule has 130 valence electrons. The normalized spacial score (nSPS) is 21.6. The van der Waals surface area contributed by atoms with Gasteiger partial charge in [-0.25, -0.2) is 13.2 Å². The quantitative estimate of drug-likeness (QED) is 0.893. The first kappa shape index (κ1) is 16.1. The van der Waals surface area contributed by atoms with Crippen molar-refractivity contribution >= 4 is 11.6 Å². The van der Waals surface area contributed by atoms with Crippen LogP contribution in [0.25, 0.3) is 0 Å². The number of halogens is 3. The maximum atomic E-state index is 14.6. The third-order valence-electron chi connectivity index (χ3n) is 4.96. The van der Waals surface area contributed by atoms with E-state index >= 15 is 0 Å². The molecule has 0 bridgehead atoms. The van der Waals surface area contributed by atoms with Gasteiger partial charge in [0.25, 0.3) is 0 Å². The Morgan fingerprint density at radius 1 is 1.12 bits per heavy atom. The average Bonchev–Trinajstić information content (AvgIpc) is 3.38. The molecule has 1 fully saturated rings. The standard InChI is InChI=1S/C19H17F3N2O/c20-14-2-1-3-15(21)17(14)12-8-13(12)19(25)24-16-5-4-10-9-23-7-6-11(10)18(16)22/h1-5,12-13,23H,6-9H2,(H,24,25). The Balaban J connectivity index is 1.51. The molecule has 1 aliphatic heterocycles. The van der Waals surface area contributed by atoms with Crippen molar-refractivity contribution in [1.82, 2.24) is 5.32 Å². The lowest BCUT2D eigenvalue weighted by atomic mass is 9.99. The Labute approximate surface area is 143 Å². The second kappa shape index (κ2) is 6.19. The number of anilines is 1. The smallest absolute Gasteiger partial charge is 0.228 e. The summed E-state index contributed by atoms with van der Waals surface area (Å²) in [5, 5.41) is 5.75. The van der Waals surface area contributed by atoms with Gasteiger partial charge >= 0.3 is 0 Å². The largest absolute Gasteiger partial charge is 0.323 e. The van der Waals surface area contributed by atoms with Gasteiger partial charge in [0.15, 0.2) is 0 Å². The summed E-state index contributed by atoms with van der Waals surface area (Å²) in [5.41, 5.74) is 1.58. The summed E-state index contributed by atoms with van der Waals surface area (Å²) in [5.74, 6) is -3.14. The molecule has 1 aliphatic carbocycles. The van der Waals surface area contributed by atoms with Gasteiger partial charge in [0.05, 0.1) is 5.69 Å². The molecule has 2 aromatic rings. The molecule has 0 spiro atoms. The van der Waals surface area contributed by atoms with Crippen molar-refractivity contribution < 1.29 is 18.0 Å². The van der Waals surface area contributed by atoms with Crippen LogP contribution in [0.1, 0.15) is 29.0 Å². The number of hydrogen-bond acceptors (Lipinski definition) is 2. The van der Waals surface area contributed by atoms with Crippen LogP contribution in [0, 0.1) is 23.4 Å². The second-order valence-corrected chi connectivity index (χ2v) is 6.56. The maximum absolute atomic E-state index is 14.6. The molecule has 4 rings (SSSR count). The van der Waals surface area contributed by atoms with Gasteiger partial charge < -0.3 is 10.6 Å². The average molecular weight is 346 g/mol. The third-order valence-corrected chi connectivity index (χ3v) is 4.96. The van der Waals surface area contributed by atoms with Crippen LogP contribution in [-0.2, 0) is 17.8 Å². The summed E-state index contributed by atoms with van der Waals surface area (Å²) in [6, 6.07) is 7.00. The monoisotopic (exact) mass is 346 g/mol. The highest BCUT2D eigenvalue weighted by Gasteiger charge is 2.46. The van der Waals surface area contributed by atoms with Crippen molar-refractivity contribution in [2.45, 2.75) is 25.3 Å². The summed E-state index contributed by atoms with van der Waals surface area (Å²) in [4.78, 5) is 12.4.